The highest BCUT2D eigenvalue weighted by molar-refractivity contribution is 5.37. The van der Waals surface area contributed by atoms with Crippen LogP contribution in [0.15, 0.2) is 36.5 Å². The Morgan fingerprint density at radius 2 is 1.94 bits per heavy atom. The Labute approximate surface area is 103 Å². The van der Waals surface area contributed by atoms with Crippen LogP contribution in [0.2, 0.25) is 0 Å². The summed E-state index contributed by atoms with van der Waals surface area (Å²) in [5.74, 6) is 0.355. The lowest BCUT2D eigenvalue weighted by atomic mass is 9.69. The molecule has 0 unspecified atom stereocenters. The first-order valence-corrected chi connectivity index (χ1v) is 6.47. The molecule has 2 N–H and O–H groups in total. The molecule has 2 bridgehead atoms. The van der Waals surface area contributed by atoms with Gasteiger partial charge in [-0.1, -0.05) is 24.3 Å². The van der Waals surface area contributed by atoms with Crippen LogP contribution in [-0.4, -0.2) is 18.2 Å². The lowest BCUT2D eigenvalue weighted by Gasteiger charge is -2.49. The van der Waals surface area contributed by atoms with Gasteiger partial charge in [-0.2, -0.15) is 0 Å². The van der Waals surface area contributed by atoms with Gasteiger partial charge in [0.05, 0.1) is 13.1 Å². The molecule has 1 atom stereocenters. The van der Waals surface area contributed by atoms with Crippen LogP contribution in [0.1, 0.15) is 24.0 Å². The number of hydrogen-bond donors (Lipinski definition) is 2. The number of fused-ring (bicyclic) bond motifs is 3. The van der Waals surface area contributed by atoms with Crippen molar-refractivity contribution in [1.82, 2.24) is 0 Å². The number of nitrogens with one attached hydrogen (secondary N) is 1. The van der Waals surface area contributed by atoms with Crippen molar-refractivity contribution in [2.24, 2.45) is 5.92 Å². The van der Waals surface area contributed by atoms with Crippen molar-refractivity contribution in [3.8, 4) is 0 Å². The van der Waals surface area contributed by atoms with Gasteiger partial charge in [-0.25, -0.2) is 0 Å². The Bertz CT molecular complexity index is 460. The van der Waals surface area contributed by atoms with Gasteiger partial charge in [0.2, 0.25) is 0 Å². The van der Waals surface area contributed by atoms with Crippen LogP contribution >= 0.6 is 0 Å². The van der Waals surface area contributed by atoms with E-state index in [-0.39, 0.29) is 0 Å². The fourth-order valence-electron chi connectivity index (χ4n) is 3.58. The second-order valence-corrected chi connectivity index (χ2v) is 5.44. The molecule has 0 aromatic heterocycles. The van der Waals surface area contributed by atoms with Gasteiger partial charge in [-0.3, -0.25) is 0 Å². The molecular weight excluding hydrogens is 210 g/mol. The molecule has 1 aromatic rings. The molecule has 3 fully saturated rings. The zero-order valence-corrected chi connectivity index (χ0v) is 10.4. The number of hydrogen-bond acceptors (Lipinski definition) is 1. The third-order valence-electron chi connectivity index (χ3n) is 4.62. The van der Waals surface area contributed by atoms with E-state index < -0.39 is 5.60 Å². The average molecular weight is 230 g/mol. The summed E-state index contributed by atoms with van der Waals surface area (Å²) in [6.45, 7) is 8.53. The predicted octanol–water partition coefficient (Wildman–Crippen LogP) is 1.00. The maximum atomic E-state index is 11.2. The smallest absolute Gasteiger partial charge is 0.166 e. The standard InChI is InChI=1S/C15H19NO/c1-11-5-3-4-6-14(11)15(17)12(2)16-9-7-13(15)8-10-16/h3-6,13,17H,2,7-10H2,1H3/p+1/t15-/m0/s1. The molecule has 0 saturated carbocycles. The van der Waals surface area contributed by atoms with Crippen molar-refractivity contribution < 1.29 is 10.0 Å². The summed E-state index contributed by atoms with van der Waals surface area (Å²) in [4.78, 5) is 1.39. The minimum Gasteiger partial charge on any atom is -0.375 e. The van der Waals surface area contributed by atoms with E-state index in [1.165, 1.54) is 10.5 Å². The van der Waals surface area contributed by atoms with Crippen LogP contribution in [0.4, 0.5) is 0 Å². The second kappa shape index (κ2) is 3.69. The van der Waals surface area contributed by atoms with E-state index >= 15 is 0 Å². The highest BCUT2D eigenvalue weighted by Crippen LogP contribution is 2.42. The fraction of sp³-hybridized carbons (Fsp3) is 0.467. The number of piperidine rings is 3. The Kier molecular flexibility index (Phi) is 2.39. The van der Waals surface area contributed by atoms with Crippen LogP contribution < -0.4 is 4.90 Å². The summed E-state index contributed by atoms with van der Waals surface area (Å²) < 4.78 is 0. The SMILES string of the molecule is C=C1[NH+]2CCC(CC2)[C@]1(O)c1ccccc1C. The van der Waals surface area contributed by atoms with E-state index in [4.69, 9.17) is 0 Å². The Morgan fingerprint density at radius 1 is 1.29 bits per heavy atom. The molecule has 17 heavy (non-hydrogen) atoms. The van der Waals surface area contributed by atoms with E-state index in [1.54, 1.807) is 0 Å². The maximum Gasteiger partial charge on any atom is 0.166 e. The monoisotopic (exact) mass is 230 g/mol. The van der Waals surface area contributed by atoms with Crippen LogP contribution in [0.25, 0.3) is 0 Å². The Balaban J connectivity index is 2.12. The second-order valence-electron chi connectivity index (χ2n) is 5.44. The van der Waals surface area contributed by atoms with Crippen molar-refractivity contribution in [2.75, 3.05) is 13.1 Å². The Hall–Kier alpha value is -1.12. The average Bonchev–Trinajstić information content (AvgIpc) is 2.36. The lowest BCUT2D eigenvalue weighted by molar-refractivity contribution is -0.886. The zero-order chi connectivity index (χ0) is 12.0. The minimum atomic E-state index is -0.794. The summed E-state index contributed by atoms with van der Waals surface area (Å²) >= 11 is 0. The molecule has 0 spiro atoms. The van der Waals surface area contributed by atoms with Crippen LogP contribution in [-0.2, 0) is 5.60 Å². The van der Waals surface area contributed by atoms with E-state index in [0.717, 1.165) is 37.2 Å². The summed E-state index contributed by atoms with van der Waals surface area (Å²) in [5.41, 5.74) is 2.42. The van der Waals surface area contributed by atoms with Gasteiger partial charge in [0, 0.05) is 18.8 Å². The van der Waals surface area contributed by atoms with Crippen molar-refractivity contribution in [3.63, 3.8) is 0 Å². The molecule has 3 aliphatic rings. The molecule has 2 nitrogen and oxygen atoms in total. The first kappa shape index (κ1) is 11.0. The summed E-state index contributed by atoms with van der Waals surface area (Å²) in [5, 5.41) is 11.2. The van der Waals surface area contributed by atoms with E-state index in [9.17, 15) is 5.11 Å². The zero-order valence-electron chi connectivity index (χ0n) is 10.4. The summed E-state index contributed by atoms with van der Waals surface area (Å²) in [6.07, 6.45) is 2.22. The van der Waals surface area contributed by atoms with Crippen LogP contribution in [0.5, 0.6) is 0 Å². The number of aryl methyl sites for hydroxylation is 1. The minimum absolute atomic E-state index is 0.355. The van der Waals surface area contributed by atoms with Gasteiger partial charge in [0.25, 0.3) is 0 Å². The quantitative estimate of drug-likeness (QED) is 0.739. The van der Waals surface area contributed by atoms with Crippen molar-refractivity contribution in [1.29, 1.82) is 0 Å². The van der Waals surface area contributed by atoms with E-state index in [2.05, 4.69) is 25.6 Å². The third kappa shape index (κ3) is 1.41. The number of quaternary nitrogens is 1. The number of aliphatic hydroxyl groups is 1. The molecule has 0 aliphatic carbocycles. The van der Waals surface area contributed by atoms with Gasteiger partial charge in [0.15, 0.2) is 5.60 Å². The maximum absolute atomic E-state index is 11.2. The molecular formula is C15H20NO+. The van der Waals surface area contributed by atoms with Gasteiger partial charge in [-0.15, -0.1) is 0 Å². The van der Waals surface area contributed by atoms with Crippen LogP contribution in [0.3, 0.4) is 0 Å². The largest absolute Gasteiger partial charge is 0.375 e. The normalized spacial score (nSPS) is 36.2. The van der Waals surface area contributed by atoms with E-state index in [1.807, 2.05) is 12.1 Å². The highest BCUT2D eigenvalue weighted by atomic mass is 16.3. The lowest BCUT2D eigenvalue weighted by Crippen LogP contribution is -3.15. The van der Waals surface area contributed by atoms with Crippen molar-refractivity contribution in [2.45, 2.75) is 25.4 Å². The molecule has 1 aromatic carbocycles. The number of rotatable bonds is 1. The topological polar surface area (TPSA) is 24.7 Å². The number of benzene rings is 1. The van der Waals surface area contributed by atoms with Crippen molar-refractivity contribution >= 4 is 0 Å². The molecule has 0 radical (unpaired) electrons. The molecule has 0 amide bonds. The molecule has 3 aliphatic heterocycles. The van der Waals surface area contributed by atoms with E-state index in [0.29, 0.717) is 5.92 Å². The first-order valence-electron chi connectivity index (χ1n) is 6.47. The third-order valence-corrected chi connectivity index (χ3v) is 4.62. The molecule has 90 valence electrons. The molecule has 3 heterocycles. The molecule has 2 heteroatoms. The van der Waals surface area contributed by atoms with Gasteiger partial charge >= 0.3 is 0 Å². The van der Waals surface area contributed by atoms with Gasteiger partial charge < -0.3 is 10.0 Å². The molecule has 3 saturated heterocycles. The Morgan fingerprint density at radius 3 is 2.53 bits per heavy atom. The van der Waals surface area contributed by atoms with Crippen molar-refractivity contribution in [3.05, 3.63) is 47.7 Å². The highest BCUT2D eigenvalue weighted by Gasteiger charge is 2.53. The predicted molar refractivity (Wildman–Crippen MR) is 67.6 cm³/mol. The first-order chi connectivity index (χ1) is 8.14. The van der Waals surface area contributed by atoms with Gasteiger partial charge in [-0.05, 0) is 24.6 Å². The molecule has 4 rings (SSSR count). The fourth-order valence-corrected chi connectivity index (χ4v) is 3.58. The van der Waals surface area contributed by atoms with Gasteiger partial charge in [0.1, 0.15) is 5.70 Å². The van der Waals surface area contributed by atoms with Crippen LogP contribution in [0, 0.1) is 12.8 Å². The summed E-state index contributed by atoms with van der Waals surface area (Å²) in [6, 6.07) is 8.18. The summed E-state index contributed by atoms with van der Waals surface area (Å²) in [7, 11) is 0.